The third kappa shape index (κ3) is 2.83. The van der Waals surface area contributed by atoms with E-state index in [2.05, 4.69) is 10.1 Å². The number of rotatable bonds is 6. The fraction of sp³-hybridized carbons (Fsp3) is 0.133. The molecule has 0 fully saturated rings. The quantitative estimate of drug-likeness (QED) is 0.647. The van der Waals surface area contributed by atoms with Gasteiger partial charge in [-0.15, -0.1) is 0 Å². The number of aldehydes is 1. The normalized spacial score (nSPS) is 10.4. The van der Waals surface area contributed by atoms with Gasteiger partial charge in [0.15, 0.2) is 18.1 Å². The number of ether oxygens (including phenoxy) is 2. The first kappa shape index (κ1) is 13.9. The molecule has 3 rings (SSSR count). The summed E-state index contributed by atoms with van der Waals surface area (Å²) in [5, 5.41) is 3.83. The zero-order valence-electron chi connectivity index (χ0n) is 11.7. The van der Waals surface area contributed by atoms with Crippen LogP contribution in [-0.2, 0) is 6.61 Å². The minimum Gasteiger partial charge on any atom is -0.493 e. The van der Waals surface area contributed by atoms with E-state index < -0.39 is 0 Å². The fourth-order valence-electron chi connectivity index (χ4n) is 1.84. The number of methoxy groups -OCH3 is 1. The van der Waals surface area contributed by atoms with E-state index in [9.17, 15) is 4.79 Å². The van der Waals surface area contributed by atoms with E-state index in [1.807, 2.05) is 0 Å². The molecule has 0 saturated carbocycles. The largest absolute Gasteiger partial charge is 0.493 e. The third-order valence-electron chi connectivity index (χ3n) is 2.92. The number of furan rings is 1. The number of carbonyl (C=O) groups excluding carboxylic acids is 1. The Labute approximate surface area is 125 Å². The van der Waals surface area contributed by atoms with Gasteiger partial charge in [0.1, 0.15) is 12.5 Å². The van der Waals surface area contributed by atoms with Crippen LogP contribution in [0.15, 0.2) is 45.7 Å². The molecule has 0 aliphatic heterocycles. The fourth-order valence-corrected chi connectivity index (χ4v) is 1.84. The minimum atomic E-state index is 0.0590. The molecule has 1 aromatic carbocycles. The topological polar surface area (TPSA) is 87.6 Å². The van der Waals surface area contributed by atoms with E-state index in [1.54, 1.807) is 24.3 Å². The Balaban J connectivity index is 1.74. The molecule has 3 aromatic rings. The van der Waals surface area contributed by atoms with Gasteiger partial charge >= 0.3 is 0 Å². The molecule has 0 radical (unpaired) electrons. The SMILES string of the molecule is COc1ccc(C=O)cc1OCc1nc(-c2ccoc2)no1. The Bertz CT molecular complexity index is 764. The Hall–Kier alpha value is -3.09. The van der Waals surface area contributed by atoms with Crippen molar-refractivity contribution in [1.29, 1.82) is 0 Å². The van der Waals surface area contributed by atoms with E-state index >= 15 is 0 Å². The summed E-state index contributed by atoms with van der Waals surface area (Å²) in [5.41, 5.74) is 1.20. The van der Waals surface area contributed by atoms with E-state index in [0.29, 0.717) is 28.8 Å². The first-order valence-electron chi connectivity index (χ1n) is 6.41. The van der Waals surface area contributed by atoms with Crippen LogP contribution < -0.4 is 9.47 Å². The van der Waals surface area contributed by atoms with Gasteiger partial charge in [-0.05, 0) is 24.3 Å². The average molecular weight is 300 g/mol. The zero-order valence-corrected chi connectivity index (χ0v) is 11.7. The van der Waals surface area contributed by atoms with Crippen molar-refractivity contribution in [2.24, 2.45) is 0 Å². The van der Waals surface area contributed by atoms with Crippen LogP contribution in [0.5, 0.6) is 11.5 Å². The zero-order chi connectivity index (χ0) is 15.4. The van der Waals surface area contributed by atoms with Gasteiger partial charge in [-0.2, -0.15) is 4.98 Å². The summed E-state index contributed by atoms with van der Waals surface area (Å²) >= 11 is 0. The van der Waals surface area contributed by atoms with Crippen molar-refractivity contribution in [2.75, 3.05) is 7.11 Å². The van der Waals surface area contributed by atoms with Crippen molar-refractivity contribution in [3.8, 4) is 22.9 Å². The molecule has 0 aliphatic rings. The van der Waals surface area contributed by atoms with Crippen LogP contribution in [0.25, 0.3) is 11.4 Å². The first-order chi connectivity index (χ1) is 10.8. The van der Waals surface area contributed by atoms with Gasteiger partial charge in [-0.25, -0.2) is 0 Å². The predicted octanol–water partition coefficient (Wildman–Crippen LogP) is 2.73. The van der Waals surface area contributed by atoms with Crippen LogP contribution in [0.1, 0.15) is 16.2 Å². The van der Waals surface area contributed by atoms with Gasteiger partial charge < -0.3 is 18.4 Å². The summed E-state index contributed by atoms with van der Waals surface area (Å²) in [6.45, 7) is 0.0590. The lowest BCUT2D eigenvalue weighted by atomic mass is 10.2. The van der Waals surface area contributed by atoms with Crippen LogP contribution in [0.4, 0.5) is 0 Å². The second kappa shape index (κ2) is 6.13. The molecular weight excluding hydrogens is 288 g/mol. The van der Waals surface area contributed by atoms with Crippen molar-refractivity contribution in [1.82, 2.24) is 10.1 Å². The van der Waals surface area contributed by atoms with Crippen molar-refractivity contribution in [3.05, 3.63) is 48.2 Å². The Morgan fingerprint density at radius 2 is 2.18 bits per heavy atom. The number of aromatic nitrogens is 2. The highest BCUT2D eigenvalue weighted by Crippen LogP contribution is 2.28. The maximum Gasteiger partial charge on any atom is 0.264 e. The average Bonchev–Trinajstić information content (AvgIpc) is 3.23. The molecule has 2 aromatic heterocycles. The van der Waals surface area contributed by atoms with Gasteiger partial charge in [-0.3, -0.25) is 4.79 Å². The molecule has 2 heterocycles. The maximum absolute atomic E-state index is 10.8. The first-order valence-corrected chi connectivity index (χ1v) is 6.41. The molecule has 0 aliphatic carbocycles. The highest BCUT2D eigenvalue weighted by molar-refractivity contribution is 5.76. The summed E-state index contributed by atoms with van der Waals surface area (Å²) in [7, 11) is 1.52. The molecule has 0 saturated heterocycles. The van der Waals surface area contributed by atoms with Gasteiger partial charge in [-0.1, -0.05) is 5.16 Å². The van der Waals surface area contributed by atoms with Gasteiger partial charge in [0.2, 0.25) is 5.82 Å². The summed E-state index contributed by atoms with van der Waals surface area (Å²) in [5.74, 6) is 1.66. The number of nitrogens with zero attached hydrogens (tertiary/aromatic N) is 2. The molecule has 0 bridgehead atoms. The molecule has 7 heteroatoms. The number of benzene rings is 1. The summed E-state index contributed by atoms with van der Waals surface area (Å²) in [4.78, 5) is 15.0. The molecule has 0 amide bonds. The smallest absolute Gasteiger partial charge is 0.264 e. The minimum absolute atomic E-state index is 0.0590. The molecule has 0 unspecified atom stereocenters. The molecule has 112 valence electrons. The summed E-state index contributed by atoms with van der Waals surface area (Å²) < 4.78 is 20.8. The predicted molar refractivity (Wildman–Crippen MR) is 74.7 cm³/mol. The molecule has 22 heavy (non-hydrogen) atoms. The van der Waals surface area contributed by atoms with Crippen molar-refractivity contribution in [3.63, 3.8) is 0 Å². The Morgan fingerprint density at radius 1 is 1.27 bits per heavy atom. The van der Waals surface area contributed by atoms with Crippen molar-refractivity contribution < 1.29 is 23.2 Å². The van der Waals surface area contributed by atoms with Crippen LogP contribution in [0, 0.1) is 0 Å². The van der Waals surface area contributed by atoms with E-state index in [0.717, 1.165) is 11.8 Å². The van der Waals surface area contributed by atoms with Crippen LogP contribution in [0.3, 0.4) is 0 Å². The Kier molecular flexibility index (Phi) is 3.86. The maximum atomic E-state index is 10.8. The number of carbonyl (C=O) groups is 1. The monoisotopic (exact) mass is 300 g/mol. The molecule has 0 spiro atoms. The van der Waals surface area contributed by atoms with E-state index in [-0.39, 0.29) is 6.61 Å². The lowest BCUT2D eigenvalue weighted by Gasteiger charge is -2.09. The third-order valence-corrected chi connectivity index (χ3v) is 2.92. The molecule has 0 atom stereocenters. The second-order valence-corrected chi connectivity index (χ2v) is 4.34. The number of hydrogen-bond donors (Lipinski definition) is 0. The highest BCUT2D eigenvalue weighted by Gasteiger charge is 2.12. The second-order valence-electron chi connectivity index (χ2n) is 4.34. The van der Waals surface area contributed by atoms with Gasteiger partial charge in [0, 0.05) is 5.56 Å². The van der Waals surface area contributed by atoms with Crippen molar-refractivity contribution >= 4 is 6.29 Å². The van der Waals surface area contributed by atoms with E-state index in [4.69, 9.17) is 18.4 Å². The molecular formula is C15H12N2O5. The standard InChI is InChI=1S/C15H12N2O5/c1-19-12-3-2-10(7-18)6-13(12)21-9-14-16-15(17-22-14)11-4-5-20-8-11/h2-8H,9H2,1H3. The molecule has 7 nitrogen and oxygen atoms in total. The summed E-state index contributed by atoms with van der Waals surface area (Å²) in [6, 6.07) is 6.61. The summed E-state index contributed by atoms with van der Waals surface area (Å²) in [6.07, 6.45) is 3.78. The van der Waals surface area contributed by atoms with Gasteiger partial charge in [0.05, 0.1) is 18.9 Å². The van der Waals surface area contributed by atoms with Crippen LogP contribution in [0.2, 0.25) is 0 Å². The highest BCUT2D eigenvalue weighted by atomic mass is 16.5. The Morgan fingerprint density at radius 3 is 2.91 bits per heavy atom. The van der Waals surface area contributed by atoms with E-state index in [1.165, 1.54) is 19.6 Å². The lowest BCUT2D eigenvalue weighted by Crippen LogP contribution is -1.99. The molecule has 0 N–H and O–H groups in total. The van der Waals surface area contributed by atoms with Crippen LogP contribution >= 0.6 is 0 Å². The van der Waals surface area contributed by atoms with Crippen LogP contribution in [-0.4, -0.2) is 23.5 Å². The van der Waals surface area contributed by atoms with Gasteiger partial charge in [0.25, 0.3) is 5.89 Å². The lowest BCUT2D eigenvalue weighted by molar-refractivity contribution is 0.112. The number of hydrogen-bond acceptors (Lipinski definition) is 7. The van der Waals surface area contributed by atoms with Crippen molar-refractivity contribution in [2.45, 2.75) is 6.61 Å².